The molecule has 1 rings (SSSR count). The maximum Gasteiger partial charge on any atom is 0.0220 e. The third-order valence-electron chi connectivity index (χ3n) is 3.97. The summed E-state index contributed by atoms with van der Waals surface area (Å²) in [6.45, 7) is 14.2. The molecule has 1 heterocycles. The van der Waals surface area contributed by atoms with Crippen molar-refractivity contribution in [3.05, 3.63) is 0 Å². The van der Waals surface area contributed by atoms with Gasteiger partial charge in [0.25, 0.3) is 0 Å². The zero-order valence-electron chi connectivity index (χ0n) is 12.9. The molecule has 0 aromatic carbocycles. The average Bonchev–Trinajstić information content (AvgIpc) is 2.50. The molecule has 0 radical (unpaired) electrons. The average molecular weight is 255 g/mol. The fraction of sp³-hybridized carbons (Fsp3) is 1.00. The lowest BCUT2D eigenvalue weighted by Gasteiger charge is -2.30. The van der Waals surface area contributed by atoms with Crippen molar-refractivity contribution in [1.82, 2.24) is 15.1 Å². The molecular weight excluding hydrogens is 222 g/mol. The van der Waals surface area contributed by atoms with Gasteiger partial charge in [-0.05, 0) is 51.9 Å². The molecule has 1 aliphatic heterocycles. The van der Waals surface area contributed by atoms with Crippen LogP contribution in [0.5, 0.6) is 0 Å². The molecule has 3 heteroatoms. The fourth-order valence-electron chi connectivity index (χ4n) is 2.71. The van der Waals surface area contributed by atoms with Gasteiger partial charge in [-0.15, -0.1) is 0 Å². The molecule has 0 aromatic heterocycles. The molecule has 1 aliphatic rings. The van der Waals surface area contributed by atoms with E-state index in [9.17, 15) is 0 Å². The summed E-state index contributed by atoms with van der Waals surface area (Å²) in [6.07, 6.45) is 3.88. The van der Waals surface area contributed by atoms with E-state index in [2.05, 4.69) is 42.9 Å². The van der Waals surface area contributed by atoms with Crippen LogP contribution in [-0.4, -0.2) is 62.2 Å². The minimum Gasteiger partial charge on any atom is -0.315 e. The van der Waals surface area contributed by atoms with E-state index in [0.29, 0.717) is 0 Å². The Labute approximate surface area is 114 Å². The third-order valence-corrected chi connectivity index (χ3v) is 3.97. The second-order valence-electron chi connectivity index (χ2n) is 6.15. The monoisotopic (exact) mass is 255 g/mol. The number of likely N-dealkylation sites (N-methyl/N-ethyl adjacent to an activating group) is 1. The number of rotatable bonds is 7. The Morgan fingerprint density at radius 1 is 1.22 bits per heavy atom. The highest BCUT2D eigenvalue weighted by molar-refractivity contribution is 4.78. The highest BCUT2D eigenvalue weighted by Gasteiger charge is 2.21. The van der Waals surface area contributed by atoms with Crippen LogP contribution in [0.2, 0.25) is 0 Å². The van der Waals surface area contributed by atoms with Gasteiger partial charge in [0.1, 0.15) is 0 Å². The van der Waals surface area contributed by atoms with Crippen LogP contribution >= 0.6 is 0 Å². The largest absolute Gasteiger partial charge is 0.315 e. The van der Waals surface area contributed by atoms with Gasteiger partial charge >= 0.3 is 0 Å². The summed E-state index contributed by atoms with van der Waals surface area (Å²) in [6, 6.07) is 0.754. The van der Waals surface area contributed by atoms with Crippen LogP contribution in [0.4, 0.5) is 0 Å². The predicted octanol–water partition coefficient (Wildman–Crippen LogP) is 2.04. The van der Waals surface area contributed by atoms with Gasteiger partial charge in [0.15, 0.2) is 0 Å². The van der Waals surface area contributed by atoms with Gasteiger partial charge in [0.05, 0.1) is 0 Å². The van der Waals surface area contributed by atoms with Crippen LogP contribution in [0.3, 0.4) is 0 Å². The van der Waals surface area contributed by atoms with E-state index in [1.807, 2.05) is 0 Å². The smallest absolute Gasteiger partial charge is 0.0220 e. The van der Waals surface area contributed by atoms with Crippen LogP contribution in [0, 0.1) is 5.92 Å². The number of nitrogens with one attached hydrogen (secondary N) is 1. The minimum absolute atomic E-state index is 0.754. The SMILES string of the molecule is CCC1CN(C)CCCN1CCNCCC(C)C. The Morgan fingerprint density at radius 3 is 2.67 bits per heavy atom. The van der Waals surface area contributed by atoms with Crippen molar-refractivity contribution >= 4 is 0 Å². The van der Waals surface area contributed by atoms with Crippen molar-refractivity contribution in [2.45, 2.75) is 46.1 Å². The van der Waals surface area contributed by atoms with E-state index in [4.69, 9.17) is 0 Å². The van der Waals surface area contributed by atoms with Gasteiger partial charge in [0.2, 0.25) is 0 Å². The minimum atomic E-state index is 0.754. The molecule has 18 heavy (non-hydrogen) atoms. The van der Waals surface area contributed by atoms with Crippen molar-refractivity contribution in [3.8, 4) is 0 Å². The van der Waals surface area contributed by atoms with E-state index >= 15 is 0 Å². The highest BCUT2D eigenvalue weighted by atomic mass is 15.2. The van der Waals surface area contributed by atoms with E-state index < -0.39 is 0 Å². The molecular formula is C15H33N3. The van der Waals surface area contributed by atoms with Gasteiger partial charge in [-0.3, -0.25) is 4.90 Å². The molecule has 1 atom stereocenters. The summed E-state index contributed by atoms with van der Waals surface area (Å²) < 4.78 is 0. The Morgan fingerprint density at radius 2 is 2.00 bits per heavy atom. The number of nitrogens with zero attached hydrogens (tertiary/aromatic N) is 2. The first kappa shape index (κ1) is 15.9. The Kier molecular flexibility index (Phi) is 7.87. The summed E-state index contributed by atoms with van der Waals surface area (Å²) in [5.74, 6) is 0.813. The van der Waals surface area contributed by atoms with Gasteiger partial charge in [-0.25, -0.2) is 0 Å². The lowest BCUT2D eigenvalue weighted by molar-refractivity contribution is 0.184. The van der Waals surface area contributed by atoms with Crippen molar-refractivity contribution in [3.63, 3.8) is 0 Å². The standard InChI is InChI=1S/C15H33N3/c1-5-15-13-17(4)10-6-11-18(15)12-9-16-8-7-14(2)3/h14-16H,5-13H2,1-4H3. The summed E-state index contributed by atoms with van der Waals surface area (Å²) >= 11 is 0. The van der Waals surface area contributed by atoms with Crippen molar-refractivity contribution < 1.29 is 0 Å². The van der Waals surface area contributed by atoms with E-state index in [1.165, 1.54) is 52.0 Å². The van der Waals surface area contributed by atoms with Crippen LogP contribution in [0.15, 0.2) is 0 Å². The summed E-state index contributed by atoms with van der Waals surface area (Å²) in [7, 11) is 2.26. The molecule has 1 unspecified atom stereocenters. The molecule has 0 aromatic rings. The number of hydrogen-bond donors (Lipinski definition) is 1. The first-order valence-corrected chi connectivity index (χ1v) is 7.76. The summed E-state index contributed by atoms with van der Waals surface area (Å²) in [5.41, 5.74) is 0. The Balaban J connectivity index is 2.21. The second kappa shape index (κ2) is 8.89. The van der Waals surface area contributed by atoms with Crippen molar-refractivity contribution in [2.24, 2.45) is 5.92 Å². The molecule has 0 aliphatic carbocycles. The zero-order chi connectivity index (χ0) is 13.4. The van der Waals surface area contributed by atoms with E-state index in [-0.39, 0.29) is 0 Å². The first-order valence-electron chi connectivity index (χ1n) is 7.76. The molecule has 1 saturated heterocycles. The van der Waals surface area contributed by atoms with Crippen molar-refractivity contribution in [1.29, 1.82) is 0 Å². The molecule has 1 N–H and O–H groups in total. The third kappa shape index (κ3) is 6.17. The quantitative estimate of drug-likeness (QED) is 0.702. The van der Waals surface area contributed by atoms with Crippen LogP contribution in [-0.2, 0) is 0 Å². The zero-order valence-corrected chi connectivity index (χ0v) is 12.9. The number of hydrogen-bond acceptors (Lipinski definition) is 3. The normalized spacial score (nSPS) is 23.5. The maximum absolute atomic E-state index is 3.59. The molecule has 108 valence electrons. The fourth-order valence-corrected chi connectivity index (χ4v) is 2.71. The molecule has 1 fully saturated rings. The van der Waals surface area contributed by atoms with Crippen LogP contribution < -0.4 is 5.32 Å². The molecule has 0 amide bonds. The van der Waals surface area contributed by atoms with Crippen LogP contribution in [0.25, 0.3) is 0 Å². The maximum atomic E-state index is 3.59. The molecule has 0 saturated carbocycles. The first-order chi connectivity index (χ1) is 8.63. The van der Waals surface area contributed by atoms with Gasteiger partial charge in [-0.1, -0.05) is 20.8 Å². The Hall–Kier alpha value is -0.120. The lowest BCUT2D eigenvalue weighted by Crippen LogP contribution is -2.43. The van der Waals surface area contributed by atoms with Gasteiger partial charge in [-0.2, -0.15) is 0 Å². The lowest BCUT2D eigenvalue weighted by atomic mass is 10.1. The summed E-state index contributed by atoms with van der Waals surface area (Å²) in [4.78, 5) is 5.17. The molecule has 3 nitrogen and oxygen atoms in total. The Bertz CT molecular complexity index is 206. The topological polar surface area (TPSA) is 18.5 Å². The highest BCUT2D eigenvalue weighted by Crippen LogP contribution is 2.11. The predicted molar refractivity (Wildman–Crippen MR) is 80.1 cm³/mol. The molecule has 0 bridgehead atoms. The summed E-state index contributed by atoms with van der Waals surface area (Å²) in [5, 5.41) is 3.59. The van der Waals surface area contributed by atoms with Crippen LogP contribution in [0.1, 0.15) is 40.0 Å². The van der Waals surface area contributed by atoms with E-state index in [1.54, 1.807) is 0 Å². The van der Waals surface area contributed by atoms with Gasteiger partial charge < -0.3 is 10.2 Å². The second-order valence-corrected chi connectivity index (χ2v) is 6.15. The van der Waals surface area contributed by atoms with Gasteiger partial charge in [0, 0.05) is 25.7 Å². The van der Waals surface area contributed by atoms with Crippen molar-refractivity contribution in [2.75, 3.05) is 46.3 Å². The molecule has 0 spiro atoms. The van der Waals surface area contributed by atoms with E-state index in [0.717, 1.165) is 18.5 Å².